The SMILES string of the molecule is COC(=O)c1cccc2c(O)nc(O)nc12. The van der Waals surface area contributed by atoms with Crippen molar-refractivity contribution in [2.75, 3.05) is 7.11 Å². The van der Waals surface area contributed by atoms with Gasteiger partial charge >= 0.3 is 12.0 Å². The van der Waals surface area contributed by atoms with Gasteiger partial charge in [0.2, 0.25) is 5.88 Å². The molecule has 0 bridgehead atoms. The Bertz CT molecular complexity index is 568. The normalized spacial score (nSPS) is 10.3. The van der Waals surface area contributed by atoms with Crippen molar-refractivity contribution in [2.45, 2.75) is 0 Å². The molecule has 0 atom stereocenters. The molecule has 0 aliphatic rings. The van der Waals surface area contributed by atoms with Crippen molar-refractivity contribution >= 4 is 16.9 Å². The summed E-state index contributed by atoms with van der Waals surface area (Å²) in [5.41, 5.74) is 0.312. The number of nitrogens with zero attached hydrogens (tertiary/aromatic N) is 2. The van der Waals surface area contributed by atoms with E-state index < -0.39 is 12.0 Å². The van der Waals surface area contributed by atoms with Gasteiger partial charge in [-0.25, -0.2) is 4.79 Å². The van der Waals surface area contributed by atoms with Gasteiger partial charge in [-0.1, -0.05) is 6.07 Å². The van der Waals surface area contributed by atoms with E-state index in [1.807, 2.05) is 0 Å². The number of hydrogen-bond acceptors (Lipinski definition) is 6. The Hall–Kier alpha value is -2.37. The Kier molecular flexibility index (Phi) is 2.32. The number of para-hydroxylation sites is 1. The largest absolute Gasteiger partial charge is 0.493 e. The van der Waals surface area contributed by atoms with Crippen molar-refractivity contribution in [3.63, 3.8) is 0 Å². The number of fused-ring (bicyclic) bond motifs is 1. The topological polar surface area (TPSA) is 92.5 Å². The molecule has 1 aromatic carbocycles. The van der Waals surface area contributed by atoms with Crippen LogP contribution in [0.3, 0.4) is 0 Å². The number of methoxy groups -OCH3 is 1. The first-order valence-electron chi connectivity index (χ1n) is 4.40. The maximum Gasteiger partial charge on any atom is 0.340 e. The summed E-state index contributed by atoms with van der Waals surface area (Å²) in [6.07, 6.45) is 0. The molecule has 0 radical (unpaired) electrons. The maximum absolute atomic E-state index is 11.4. The third kappa shape index (κ3) is 1.50. The van der Waals surface area contributed by atoms with Gasteiger partial charge in [-0.3, -0.25) is 0 Å². The fourth-order valence-corrected chi connectivity index (χ4v) is 1.40. The fraction of sp³-hybridized carbons (Fsp3) is 0.100. The van der Waals surface area contributed by atoms with Gasteiger partial charge < -0.3 is 14.9 Å². The van der Waals surface area contributed by atoms with Crippen LogP contribution in [0, 0.1) is 0 Å². The van der Waals surface area contributed by atoms with Gasteiger partial charge in [-0.05, 0) is 12.1 Å². The maximum atomic E-state index is 11.4. The molecular weight excluding hydrogens is 212 g/mol. The summed E-state index contributed by atoms with van der Waals surface area (Å²) in [5.74, 6) is -0.976. The van der Waals surface area contributed by atoms with E-state index in [2.05, 4.69) is 14.7 Å². The van der Waals surface area contributed by atoms with Crippen LogP contribution in [0.1, 0.15) is 10.4 Å². The monoisotopic (exact) mass is 220 g/mol. The zero-order valence-corrected chi connectivity index (χ0v) is 8.34. The minimum Gasteiger partial charge on any atom is -0.493 e. The first-order chi connectivity index (χ1) is 7.63. The molecule has 16 heavy (non-hydrogen) atoms. The number of ether oxygens (including phenoxy) is 1. The van der Waals surface area contributed by atoms with E-state index in [-0.39, 0.29) is 22.3 Å². The van der Waals surface area contributed by atoms with Crippen LogP contribution in [-0.2, 0) is 4.74 Å². The Morgan fingerprint density at radius 1 is 1.31 bits per heavy atom. The van der Waals surface area contributed by atoms with Crippen LogP contribution >= 0.6 is 0 Å². The summed E-state index contributed by atoms with van der Waals surface area (Å²) in [6.45, 7) is 0. The molecule has 82 valence electrons. The quantitative estimate of drug-likeness (QED) is 0.691. The number of rotatable bonds is 1. The first-order valence-corrected chi connectivity index (χ1v) is 4.40. The molecule has 0 fully saturated rings. The number of carbonyl (C=O) groups is 1. The number of carbonyl (C=O) groups excluding carboxylic acids is 1. The number of hydrogen-bond donors (Lipinski definition) is 2. The molecule has 0 saturated heterocycles. The summed E-state index contributed by atoms with van der Waals surface area (Å²) >= 11 is 0. The van der Waals surface area contributed by atoms with E-state index in [0.717, 1.165) is 0 Å². The highest BCUT2D eigenvalue weighted by atomic mass is 16.5. The van der Waals surface area contributed by atoms with E-state index in [4.69, 9.17) is 5.11 Å². The molecule has 0 unspecified atom stereocenters. The van der Waals surface area contributed by atoms with Gasteiger partial charge in [0.05, 0.1) is 23.6 Å². The average Bonchev–Trinajstić information content (AvgIpc) is 2.27. The van der Waals surface area contributed by atoms with Crippen molar-refractivity contribution in [3.05, 3.63) is 23.8 Å². The number of aromatic nitrogens is 2. The molecule has 0 aliphatic carbocycles. The minimum absolute atomic E-state index is 0.152. The molecule has 0 spiro atoms. The molecule has 0 amide bonds. The van der Waals surface area contributed by atoms with E-state index in [1.54, 1.807) is 6.07 Å². The van der Waals surface area contributed by atoms with Crippen molar-refractivity contribution < 1.29 is 19.7 Å². The lowest BCUT2D eigenvalue weighted by molar-refractivity contribution is 0.0603. The molecule has 1 heterocycles. The molecule has 1 aromatic heterocycles. The number of benzene rings is 1. The number of aromatic hydroxyl groups is 2. The second-order valence-electron chi connectivity index (χ2n) is 3.04. The van der Waals surface area contributed by atoms with Gasteiger partial charge in [0, 0.05) is 0 Å². The molecule has 6 heteroatoms. The van der Waals surface area contributed by atoms with E-state index in [1.165, 1.54) is 19.2 Å². The Morgan fingerprint density at radius 2 is 2.06 bits per heavy atom. The predicted octanol–water partition coefficient (Wildman–Crippen LogP) is 0.828. The molecule has 2 aromatic rings. The lowest BCUT2D eigenvalue weighted by atomic mass is 10.1. The molecule has 0 saturated carbocycles. The van der Waals surface area contributed by atoms with E-state index in [0.29, 0.717) is 0 Å². The Balaban J connectivity index is 2.81. The highest BCUT2D eigenvalue weighted by Gasteiger charge is 2.14. The van der Waals surface area contributed by atoms with Crippen LogP contribution in [0.4, 0.5) is 0 Å². The summed E-state index contributed by atoms with van der Waals surface area (Å²) in [7, 11) is 1.24. The van der Waals surface area contributed by atoms with Crippen LogP contribution in [0.25, 0.3) is 10.9 Å². The van der Waals surface area contributed by atoms with Crippen molar-refractivity contribution in [2.24, 2.45) is 0 Å². The van der Waals surface area contributed by atoms with E-state index in [9.17, 15) is 9.90 Å². The minimum atomic E-state index is -0.596. The molecule has 2 N–H and O–H groups in total. The lowest BCUT2D eigenvalue weighted by Gasteiger charge is -2.04. The van der Waals surface area contributed by atoms with Crippen LogP contribution in [0.15, 0.2) is 18.2 Å². The summed E-state index contributed by atoms with van der Waals surface area (Å²) in [5, 5.41) is 18.9. The molecule has 2 rings (SSSR count). The van der Waals surface area contributed by atoms with Gasteiger partial charge in [-0.2, -0.15) is 9.97 Å². The van der Waals surface area contributed by atoms with E-state index >= 15 is 0 Å². The Labute approximate surface area is 90.1 Å². The lowest BCUT2D eigenvalue weighted by Crippen LogP contribution is -2.03. The summed E-state index contributed by atoms with van der Waals surface area (Å²) < 4.78 is 4.56. The third-order valence-corrected chi connectivity index (χ3v) is 2.10. The number of esters is 1. The van der Waals surface area contributed by atoms with Crippen LogP contribution < -0.4 is 0 Å². The van der Waals surface area contributed by atoms with Crippen molar-refractivity contribution in [3.8, 4) is 11.9 Å². The summed E-state index contributed by atoms with van der Waals surface area (Å²) in [6, 6.07) is 3.99. The standard InChI is InChI=1S/C10H8N2O4/c1-16-9(14)6-4-2-3-5-7(6)11-10(15)12-8(5)13/h2-4H,1H3,(H2,11,12,13,15). The zero-order chi connectivity index (χ0) is 11.7. The molecule has 6 nitrogen and oxygen atoms in total. The van der Waals surface area contributed by atoms with Crippen molar-refractivity contribution in [1.82, 2.24) is 9.97 Å². The van der Waals surface area contributed by atoms with Gasteiger partial charge in [0.15, 0.2) is 0 Å². The fourth-order valence-electron chi connectivity index (χ4n) is 1.40. The third-order valence-electron chi connectivity index (χ3n) is 2.10. The zero-order valence-electron chi connectivity index (χ0n) is 8.34. The second kappa shape index (κ2) is 3.65. The van der Waals surface area contributed by atoms with Gasteiger partial charge in [0.25, 0.3) is 0 Å². The average molecular weight is 220 g/mol. The van der Waals surface area contributed by atoms with Crippen LogP contribution in [0.2, 0.25) is 0 Å². The highest BCUT2D eigenvalue weighted by molar-refractivity contribution is 6.03. The first kappa shape index (κ1) is 10.2. The highest BCUT2D eigenvalue weighted by Crippen LogP contribution is 2.25. The summed E-state index contributed by atoms with van der Waals surface area (Å²) in [4.78, 5) is 18.5. The second-order valence-corrected chi connectivity index (χ2v) is 3.04. The smallest absolute Gasteiger partial charge is 0.340 e. The van der Waals surface area contributed by atoms with Crippen molar-refractivity contribution in [1.29, 1.82) is 0 Å². The van der Waals surface area contributed by atoms with Gasteiger partial charge in [-0.15, -0.1) is 0 Å². The van der Waals surface area contributed by atoms with Gasteiger partial charge in [0.1, 0.15) is 0 Å². The molecule has 0 aliphatic heterocycles. The van der Waals surface area contributed by atoms with Crippen LogP contribution in [0.5, 0.6) is 11.9 Å². The molecular formula is C10H8N2O4. The van der Waals surface area contributed by atoms with Crippen LogP contribution in [-0.4, -0.2) is 33.3 Å². The Morgan fingerprint density at radius 3 is 2.75 bits per heavy atom. The predicted molar refractivity (Wildman–Crippen MR) is 54.2 cm³/mol.